The summed E-state index contributed by atoms with van der Waals surface area (Å²) in [6.07, 6.45) is 8.65. The summed E-state index contributed by atoms with van der Waals surface area (Å²) in [5, 5.41) is 3.43. The van der Waals surface area contributed by atoms with Crippen molar-refractivity contribution in [3.63, 3.8) is 0 Å². The van der Waals surface area contributed by atoms with Crippen LogP contribution in [0.5, 0.6) is 5.75 Å². The van der Waals surface area contributed by atoms with Crippen LogP contribution in [0.4, 0.5) is 0 Å². The van der Waals surface area contributed by atoms with Gasteiger partial charge in [-0.2, -0.15) is 0 Å². The van der Waals surface area contributed by atoms with Crippen molar-refractivity contribution in [1.82, 2.24) is 5.32 Å². The quantitative estimate of drug-likeness (QED) is 0.609. The van der Waals surface area contributed by atoms with Crippen molar-refractivity contribution in [1.29, 1.82) is 0 Å². The number of ether oxygens (including phenoxy) is 1. The van der Waals surface area contributed by atoms with Crippen molar-refractivity contribution < 1.29 is 9.53 Å². The smallest absolute Gasteiger partial charge is 0.176 e. The number of rotatable bonds is 7. The lowest BCUT2D eigenvalue weighted by Gasteiger charge is -2.15. The van der Waals surface area contributed by atoms with E-state index in [1.807, 2.05) is 24.3 Å². The summed E-state index contributed by atoms with van der Waals surface area (Å²) in [6.45, 7) is 3.24. The molecule has 0 bridgehead atoms. The minimum atomic E-state index is 0.168. The summed E-state index contributed by atoms with van der Waals surface area (Å²) in [4.78, 5) is 12.2. The summed E-state index contributed by atoms with van der Waals surface area (Å²) < 4.78 is 5.53. The van der Waals surface area contributed by atoms with Gasteiger partial charge in [-0.25, -0.2) is 0 Å². The molecule has 3 heteroatoms. The Morgan fingerprint density at radius 3 is 2.43 bits per heavy atom. The van der Waals surface area contributed by atoms with Gasteiger partial charge in [-0.1, -0.05) is 32.6 Å². The molecule has 1 N–H and O–H groups in total. The van der Waals surface area contributed by atoms with Gasteiger partial charge >= 0.3 is 0 Å². The van der Waals surface area contributed by atoms with Crippen molar-refractivity contribution >= 4 is 5.78 Å². The minimum Gasteiger partial charge on any atom is -0.494 e. The first-order valence-corrected chi connectivity index (χ1v) is 8.29. The highest BCUT2D eigenvalue weighted by molar-refractivity contribution is 5.97. The molecule has 1 aromatic rings. The number of Topliss-reactive ketones (excluding diaryl/α,β-unsaturated/α-hetero) is 1. The van der Waals surface area contributed by atoms with Crippen molar-refractivity contribution in [3.05, 3.63) is 29.8 Å². The second-order valence-electron chi connectivity index (χ2n) is 5.87. The Hall–Kier alpha value is -1.35. The van der Waals surface area contributed by atoms with Gasteiger partial charge in [-0.15, -0.1) is 0 Å². The van der Waals surface area contributed by atoms with Gasteiger partial charge in [0, 0.05) is 11.6 Å². The number of hydrogen-bond acceptors (Lipinski definition) is 3. The first-order valence-electron chi connectivity index (χ1n) is 8.29. The molecule has 0 radical (unpaired) electrons. The van der Waals surface area contributed by atoms with E-state index in [1.165, 1.54) is 38.5 Å². The zero-order valence-electron chi connectivity index (χ0n) is 13.1. The SMILES string of the molecule is CCCOc1ccc(C(=O)CNC2CCCCCC2)cc1. The van der Waals surface area contributed by atoms with Crippen LogP contribution in [0.3, 0.4) is 0 Å². The first-order chi connectivity index (χ1) is 10.3. The van der Waals surface area contributed by atoms with Gasteiger partial charge in [-0.05, 0) is 43.5 Å². The highest BCUT2D eigenvalue weighted by Gasteiger charge is 2.13. The lowest BCUT2D eigenvalue weighted by atomic mass is 10.1. The normalized spacial score (nSPS) is 16.4. The van der Waals surface area contributed by atoms with E-state index < -0.39 is 0 Å². The molecular formula is C18H27NO2. The van der Waals surface area contributed by atoms with Gasteiger partial charge in [0.1, 0.15) is 5.75 Å². The van der Waals surface area contributed by atoms with Crippen LogP contribution in [0.15, 0.2) is 24.3 Å². The minimum absolute atomic E-state index is 0.168. The molecule has 1 aliphatic carbocycles. The Morgan fingerprint density at radius 1 is 1.14 bits per heavy atom. The van der Waals surface area contributed by atoms with Crippen molar-refractivity contribution in [2.24, 2.45) is 0 Å². The van der Waals surface area contributed by atoms with E-state index in [2.05, 4.69) is 12.2 Å². The van der Waals surface area contributed by atoms with E-state index >= 15 is 0 Å². The van der Waals surface area contributed by atoms with Gasteiger partial charge in [0.2, 0.25) is 0 Å². The maximum absolute atomic E-state index is 12.2. The van der Waals surface area contributed by atoms with Gasteiger partial charge in [-0.3, -0.25) is 4.79 Å². The molecule has 0 saturated heterocycles. The molecule has 0 atom stereocenters. The van der Waals surface area contributed by atoms with Crippen molar-refractivity contribution in [2.75, 3.05) is 13.2 Å². The number of ketones is 1. The zero-order chi connectivity index (χ0) is 14.9. The molecule has 0 amide bonds. The van der Waals surface area contributed by atoms with E-state index in [0.717, 1.165) is 24.3 Å². The largest absolute Gasteiger partial charge is 0.494 e. The molecule has 1 fully saturated rings. The molecule has 3 nitrogen and oxygen atoms in total. The summed E-state index contributed by atoms with van der Waals surface area (Å²) >= 11 is 0. The lowest BCUT2D eigenvalue weighted by molar-refractivity contribution is 0.0986. The van der Waals surface area contributed by atoms with Crippen LogP contribution in [0.1, 0.15) is 62.2 Å². The monoisotopic (exact) mass is 289 g/mol. The summed E-state index contributed by atoms with van der Waals surface area (Å²) in [5.41, 5.74) is 0.764. The molecule has 0 spiro atoms. The maximum Gasteiger partial charge on any atom is 0.176 e. The molecule has 1 aliphatic rings. The second kappa shape index (κ2) is 8.83. The van der Waals surface area contributed by atoms with Gasteiger partial charge in [0.05, 0.1) is 13.2 Å². The van der Waals surface area contributed by atoms with Gasteiger partial charge < -0.3 is 10.1 Å². The van der Waals surface area contributed by atoms with E-state index in [4.69, 9.17) is 4.74 Å². The average Bonchev–Trinajstić information content (AvgIpc) is 2.80. The Balaban J connectivity index is 1.79. The third kappa shape index (κ3) is 5.50. The van der Waals surface area contributed by atoms with Crippen LogP contribution >= 0.6 is 0 Å². The van der Waals surface area contributed by atoms with Crippen molar-refractivity contribution in [2.45, 2.75) is 57.9 Å². The summed E-state index contributed by atoms with van der Waals surface area (Å²) in [5.74, 6) is 1.01. The number of nitrogens with one attached hydrogen (secondary N) is 1. The van der Waals surface area contributed by atoms with Crippen LogP contribution in [0.25, 0.3) is 0 Å². The fraction of sp³-hybridized carbons (Fsp3) is 0.611. The number of carbonyl (C=O) groups excluding carboxylic acids is 1. The fourth-order valence-corrected chi connectivity index (χ4v) is 2.78. The van der Waals surface area contributed by atoms with E-state index in [9.17, 15) is 4.79 Å². The van der Waals surface area contributed by atoms with Crippen LogP contribution in [0.2, 0.25) is 0 Å². The molecular weight excluding hydrogens is 262 g/mol. The lowest BCUT2D eigenvalue weighted by Crippen LogP contribution is -2.33. The Kier molecular flexibility index (Phi) is 6.74. The summed E-state index contributed by atoms with van der Waals surface area (Å²) in [7, 11) is 0. The van der Waals surface area contributed by atoms with Crippen molar-refractivity contribution in [3.8, 4) is 5.75 Å². The predicted octanol–water partition coefficient (Wildman–Crippen LogP) is 3.97. The first kappa shape index (κ1) is 16.0. The third-order valence-electron chi connectivity index (χ3n) is 4.06. The Bertz CT molecular complexity index is 419. The van der Waals surface area contributed by atoms with Gasteiger partial charge in [0.25, 0.3) is 0 Å². The van der Waals surface area contributed by atoms with Crippen LogP contribution in [0, 0.1) is 0 Å². The number of hydrogen-bond donors (Lipinski definition) is 1. The summed E-state index contributed by atoms with van der Waals surface area (Å²) in [6, 6.07) is 8.01. The molecule has 0 aromatic heterocycles. The maximum atomic E-state index is 12.2. The van der Waals surface area contributed by atoms with Gasteiger partial charge in [0.15, 0.2) is 5.78 Å². The molecule has 21 heavy (non-hydrogen) atoms. The van der Waals surface area contributed by atoms with E-state index in [-0.39, 0.29) is 5.78 Å². The van der Waals surface area contributed by atoms with Crippen LogP contribution in [-0.4, -0.2) is 25.0 Å². The second-order valence-corrected chi connectivity index (χ2v) is 5.87. The number of benzene rings is 1. The van der Waals surface area contributed by atoms with E-state index in [0.29, 0.717) is 12.6 Å². The molecule has 1 aromatic carbocycles. The topological polar surface area (TPSA) is 38.3 Å². The Morgan fingerprint density at radius 2 is 1.81 bits per heavy atom. The molecule has 116 valence electrons. The van der Waals surface area contributed by atoms with E-state index in [1.54, 1.807) is 0 Å². The predicted molar refractivity (Wildman–Crippen MR) is 86.1 cm³/mol. The molecule has 0 heterocycles. The standard InChI is InChI=1S/C18H27NO2/c1-2-13-21-17-11-9-15(10-12-17)18(20)14-19-16-7-5-3-4-6-8-16/h9-12,16,19H,2-8,13-14H2,1H3. The highest BCUT2D eigenvalue weighted by Crippen LogP contribution is 2.17. The molecule has 0 aliphatic heterocycles. The zero-order valence-corrected chi connectivity index (χ0v) is 13.1. The van der Waals surface area contributed by atoms with Crippen LogP contribution in [-0.2, 0) is 0 Å². The molecule has 2 rings (SSSR count). The van der Waals surface area contributed by atoms with Crippen LogP contribution < -0.4 is 10.1 Å². The molecule has 1 saturated carbocycles. The highest BCUT2D eigenvalue weighted by atomic mass is 16.5. The average molecular weight is 289 g/mol. The third-order valence-corrected chi connectivity index (χ3v) is 4.06. The Labute approximate surface area is 128 Å². The number of carbonyl (C=O) groups is 1. The fourth-order valence-electron chi connectivity index (χ4n) is 2.78. The molecule has 0 unspecified atom stereocenters.